The van der Waals surface area contributed by atoms with Crippen molar-refractivity contribution in [3.63, 3.8) is 0 Å². The highest BCUT2D eigenvalue weighted by atomic mass is 35.5. The fourth-order valence-corrected chi connectivity index (χ4v) is 0.867. The number of methoxy groups -OCH3 is 1. The highest BCUT2D eigenvalue weighted by molar-refractivity contribution is 5.89. The van der Waals surface area contributed by atoms with Crippen LogP contribution in [-0.4, -0.2) is 18.2 Å². The van der Waals surface area contributed by atoms with E-state index in [0.717, 1.165) is 0 Å². The molecule has 1 aromatic rings. The number of carboxylic acid groups (broad SMARTS) is 1. The molecule has 0 amide bonds. The van der Waals surface area contributed by atoms with E-state index in [-0.39, 0.29) is 18.0 Å². The van der Waals surface area contributed by atoms with Gasteiger partial charge in [0, 0.05) is 0 Å². The lowest BCUT2D eigenvalue weighted by atomic mass is 10.2. The van der Waals surface area contributed by atoms with Gasteiger partial charge in [0.2, 0.25) is 0 Å². The van der Waals surface area contributed by atoms with Crippen LogP contribution < -0.4 is 10.5 Å². The monoisotopic (exact) mass is 203 g/mol. The first-order valence-electron chi connectivity index (χ1n) is 3.32. The maximum Gasteiger partial charge on any atom is 0.335 e. The highest BCUT2D eigenvalue weighted by Gasteiger charge is 2.05. The fourth-order valence-electron chi connectivity index (χ4n) is 0.867. The van der Waals surface area contributed by atoms with Gasteiger partial charge in [0.15, 0.2) is 0 Å². The van der Waals surface area contributed by atoms with Crippen molar-refractivity contribution in [3.05, 3.63) is 23.8 Å². The van der Waals surface area contributed by atoms with Crippen LogP contribution in [0.4, 0.5) is 5.69 Å². The molecule has 0 saturated carbocycles. The molecule has 13 heavy (non-hydrogen) atoms. The van der Waals surface area contributed by atoms with E-state index in [1.807, 2.05) is 0 Å². The molecule has 0 unspecified atom stereocenters. The third-order valence-corrected chi connectivity index (χ3v) is 1.48. The summed E-state index contributed by atoms with van der Waals surface area (Å²) in [5, 5.41) is 8.58. The molecule has 0 heterocycles. The molecule has 0 aliphatic heterocycles. The van der Waals surface area contributed by atoms with Crippen LogP contribution in [0.5, 0.6) is 5.75 Å². The minimum Gasteiger partial charge on any atom is -0.495 e. The average molecular weight is 204 g/mol. The number of ether oxygens (including phenoxy) is 1. The van der Waals surface area contributed by atoms with E-state index >= 15 is 0 Å². The number of halogens is 1. The Hall–Kier alpha value is -1.42. The summed E-state index contributed by atoms with van der Waals surface area (Å²) in [5.74, 6) is -0.510. The molecule has 3 N–H and O–H groups in total. The minimum atomic E-state index is -0.996. The first kappa shape index (κ1) is 11.6. The lowest BCUT2D eigenvalue weighted by Crippen LogP contribution is -1.99. The van der Waals surface area contributed by atoms with Crippen LogP contribution in [0.25, 0.3) is 0 Å². The molecule has 0 spiro atoms. The summed E-state index contributed by atoms with van der Waals surface area (Å²) in [7, 11) is 1.48. The maximum absolute atomic E-state index is 10.5. The van der Waals surface area contributed by atoms with Crippen LogP contribution in [0.2, 0.25) is 0 Å². The van der Waals surface area contributed by atoms with Gasteiger partial charge < -0.3 is 15.6 Å². The number of hydrogen-bond donors (Lipinski definition) is 2. The number of benzene rings is 1. The molecule has 0 atom stereocenters. The van der Waals surface area contributed by atoms with E-state index in [2.05, 4.69) is 0 Å². The molecule has 0 fully saturated rings. The molecule has 0 bridgehead atoms. The first-order valence-corrected chi connectivity index (χ1v) is 3.32. The van der Waals surface area contributed by atoms with Gasteiger partial charge in [-0.05, 0) is 18.2 Å². The zero-order valence-electron chi connectivity index (χ0n) is 6.98. The lowest BCUT2D eigenvalue weighted by molar-refractivity contribution is 0.0697. The molecule has 0 saturated heterocycles. The summed E-state index contributed by atoms with van der Waals surface area (Å²) >= 11 is 0. The second-order valence-electron chi connectivity index (χ2n) is 2.26. The maximum atomic E-state index is 10.5. The van der Waals surface area contributed by atoms with E-state index in [1.165, 1.54) is 25.3 Å². The zero-order valence-corrected chi connectivity index (χ0v) is 7.80. The molecule has 1 aromatic carbocycles. The van der Waals surface area contributed by atoms with Crippen LogP contribution in [0.15, 0.2) is 18.2 Å². The quantitative estimate of drug-likeness (QED) is 0.713. The van der Waals surface area contributed by atoms with Crippen molar-refractivity contribution in [3.8, 4) is 5.75 Å². The SMILES string of the molecule is COc1ccc(C(=O)O)cc1N.Cl. The van der Waals surface area contributed by atoms with E-state index in [9.17, 15) is 4.79 Å². The van der Waals surface area contributed by atoms with Gasteiger partial charge >= 0.3 is 5.97 Å². The Kier molecular flexibility index (Phi) is 4.07. The molecule has 4 nitrogen and oxygen atoms in total. The second-order valence-corrected chi connectivity index (χ2v) is 2.26. The Morgan fingerprint density at radius 3 is 2.54 bits per heavy atom. The molecule has 1 rings (SSSR count). The lowest BCUT2D eigenvalue weighted by Gasteiger charge is -2.03. The molecular formula is C8H10ClNO3. The summed E-state index contributed by atoms with van der Waals surface area (Å²) in [4.78, 5) is 10.5. The van der Waals surface area contributed by atoms with Gasteiger partial charge in [0.1, 0.15) is 5.75 Å². The van der Waals surface area contributed by atoms with Crippen LogP contribution in [0.1, 0.15) is 10.4 Å². The molecule has 0 aromatic heterocycles. The largest absolute Gasteiger partial charge is 0.495 e. The minimum absolute atomic E-state index is 0. The van der Waals surface area contributed by atoms with Crippen molar-refractivity contribution in [2.24, 2.45) is 0 Å². The predicted octanol–water partition coefficient (Wildman–Crippen LogP) is 1.40. The number of nitrogen functional groups attached to an aromatic ring is 1. The Bertz CT molecular complexity index is 314. The van der Waals surface area contributed by atoms with Crippen LogP contribution >= 0.6 is 12.4 Å². The Morgan fingerprint density at radius 2 is 2.15 bits per heavy atom. The number of carboxylic acids is 1. The average Bonchev–Trinajstić information content (AvgIpc) is 2.04. The number of rotatable bonds is 2. The van der Waals surface area contributed by atoms with Gasteiger partial charge in [-0.15, -0.1) is 12.4 Å². The highest BCUT2D eigenvalue weighted by Crippen LogP contribution is 2.21. The van der Waals surface area contributed by atoms with Crippen LogP contribution in [0.3, 0.4) is 0 Å². The third-order valence-electron chi connectivity index (χ3n) is 1.48. The zero-order chi connectivity index (χ0) is 9.14. The van der Waals surface area contributed by atoms with E-state index in [4.69, 9.17) is 15.6 Å². The predicted molar refractivity (Wildman–Crippen MR) is 51.6 cm³/mol. The van der Waals surface area contributed by atoms with E-state index in [1.54, 1.807) is 0 Å². The third kappa shape index (κ3) is 2.52. The van der Waals surface area contributed by atoms with Crippen molar-refractivity contribution in [2.75, 3.05) is 12.8 Å². The fraction of sp³-hybridized carbons (Fsp3) is 0.125. The second kappa shape index (κ2) is 4.57. The molecule has 72 valence electrons. The number of anilines is 1. The molecule has 5 heteroatoms. The van der Waals surface area contributed by atoms with Gasteiger partial charge in [0.25, 0.3) is 0 Å². The number of aromatic carboxylic acids is 1. The van der Waals surface area contributed by atoms with Crippen molar-refractivity contribution in [1.82, 2.24) is 0 Å². The van der Waals surface area contributed by atoms with Crippen molar-refractivity contribution < 1.29 is 14.6 Å². The van der Waals surface area contributed by atoms with Crippen molar-refractivity contribution in [2.45, 2.75) is 0 Å². The molecular weight excluding hydrogens is 194 g/mol. The standard InChI is InChI=1S/C8H9NO3.ClH/c1-12-7-3-2-5(8(10)11)4-6(7)9;/h2-4H,9H2,1H3,(H,10,11);1H. The van der Waals surface area contributed by atoms with Crippen LogP contribution in [0, 0.1) is 0 Å². The number of carbonyl (C=O) groups is 1. The van der Waals surface area contributed by atoms with E-state index in [0.29, 0.717) is 11.4 Å². The van der Waals surface area contributed by atoms with Crippen molar-refractivity contribution in [1.29, 1.82) is 0 Å². The van der Waals surface area contributed by atoms with Crippen molar-refractivity contribution >= 4 is 24.1 Å². The molecule has 0 radical (unpaired) electrons. The number of nitrogens with two attached hydrogens (primary N) is 1. The Labute approximate surface area is 81.7 Å². The Morgan fingerprint density at radius 1 is 1.54 bits per heavy atom. The van der Waals surface area contributed by atoms with Gasteiger partial charge in [-0.3, -0.25) is 0 Å². The molecule has 0 aliphatic carbocycles. The van der Waals surface area contributed by atoms with Crippen LogP contribution in [-0.2, 0) is 0 Å². The normalized spacial score (nSPS) is 8.69. The summed E-state index contributed by atoms with van der Waals surface area (Å²) in [6.45, 7) is 0. The molecule has 0 aliphatic rings. The summed E-state index contributed by atoms with van der Waals surface area (Å²) in [5.41, 5.74) is 5.97. The van der Waals surface area contributed by atoms with Gasteiger partial charge in [0.05, 0.1) is 18.4 Å². The van der Waals surface area contributed by atoms with E-state index < -0.39 is 5.97 Å². The topological polar surface area (TPSA) is 72.5 Å². The summed E-state index contributed by atoms with van der Waals surface area (Å²) < 4.78 is 4.86. The number of hydrogen-bond acceptors (Lipinski definition) is 3. The first-order chi connectivity index (χ1) is 5.65. The summed E-state index contributed by atoms with van der Waals surface area (Å²) in [6.07, 6.45) is 0. The van der Waals surface area contributed by atoms with Gasteiger partial charge in [-0.2, -0.15) is 0 Å². The van der Waals surface area contributed by atoms with Gasteiger partial charge in [-0.1, -0.05) is 0 Å². The summed E-state index contributed by atoms with van der Waals surface area (Å²) in [6, 6.07) is 4.33. The Balaban J connectivity index is 0.00000144. The van der Waals surface area contributed by atoms with Gasteiger partial charge in [-0.25, -0.2) is 4.79 Å². The smallest absolute Gasteiger partial charge is 0.335 e.